The first-order valence-electron chi connectivity index (χ1n) is 10.2. The molecule has 1 amide bonds. The summed E-state index contributed by atoms with van der Waals surface area (Å²) in [6.07, 6.45) is 8.86. The van der Waals surface area contributed by atoms with Gasteiger partial charge in [-0.25, -0.2) is 8.42 Å². The van der Waals surface area contributed by atoms with E-state index in [9.17, 15) is 13.2 Å². The Morgan fingerprint density at radius 1 is 1.17 bits per heavy atom. The fourth-order valence-corrected chi connectivity index (χ4v) is 7.39. The predicted octanol–water partition coefficient (Wildman–Crippen LogP) is 2.20. The van der Waals surface area contributed by atoms with Crippen LogP contribution in [0.4, 0.5) is 0 Å². The molecule has 154 valence electrons. The van der Waals surface area contributed by atoms with Crippen molar-refractivity contribution >= 4 is 15.7 Å². The van der Waals surface area contributed by atoms with Crippen molar-refractivity contribution in [3.05, 3.63) is 30.4 Å². The van der Waals surface area contributed by atoms with Gasteiger partial charge in [-0.15, -0.1) is 0 Å². The topological polar surface area (TPSA) is 106 Å². The predicted molar refractivity (Wildman–Crippen MR) is 105 cm³/mol. The van der Waals surface area contributed by atoms with E-state index < -0.39 is 14.6 Å². The zero-order valence-corrected chi connectivity index (χ0v) is 17.0. The van der Waals surface area contributed by atoms with E-state index in [0.29, 0.717) is 30.5 Å². The summed E-state index contributed by atoms with van der Waals surface area (Å²) in [6.45, 7) is 0.469. The van der Waals surface area contributed by atoms with Gasteiger partial charge in [-0.1, -0.05) is 18.0 Å². The van der Waals surface area contributed by atoms with Crippen molar-refractivity contribution in [1.82, 2.24) is 20.0 Å². The summed E-state index contributed by atoms with van der Waals surface area (Å²) in [5, 5.41) is 4.04. The summed E-state index contributed by atoms with van der Waals surface area (Å²) in [5.41, 5.74) is 0.770. The highest BCUT2D eigenvalue weighted by Crippen LogP contribution is 2.50. The standard InChI is InChI=1S/C20H24N4O4S/c25-17(11-14-3-1-2-4-14)24-12-20(13-24)16(7-10-29(20,26)27)19-22-18(23-28-19)15-5-8-21-9-6-15/h5-6,8-9,14,16H,1-4,7,10-13H2. The van der Waals surface area contributed by atoms with Crippen LogP contribution in [-0.2, 0) is 14.6 Å². The quantitative estimate of drug-likeness (QED) is 0.752. The van der Waals surface area contributed by atoms with Crippen LogP contribution in [0.5, 0.6) is 0 Å². The number of hydrogen-bond acceptors (Lipinski definition) is 7. The molecule has 1 aliphatic carbocycles. The third kappa shape index (κ3) is 3.06. The van der Waals surface area contributed by atoms with Crippen LogP contribution < -0.4 is 0 Å². The first-order valence-corrected chi connectivity index (χ1v) is 11.9. The molecule has 9 heteroatoms. The van der Waals surface area contributed by atoms with Crippen LogP contribution in [0, 0.1) is 5.92 Å². The van der Waals surface area contributed by atoms with E-state index in [4.69, 9.17) is 4.52 Å². The number of nitrogens with zero attached hydrogens (tertiary/aromatic N) is 4. The van der Waals surface area contributed by atoms with Gasteiger partial charge in [0.05, 0.1) is 11.7 Å². The molecule has 1 atom stereocenters. The Morgan fingerprint density at radius 2 is 1.90 bits per heavy atom. The lowest BCUT2D eigenvalue weighted by Crippen LogP contribution is -2.67. The summed E-state index contributed by atoms with van der Waals surface area (Å²) in [4.78, 5) is 22.8. The third-order valence-corrected chi connectivity index (χ3v) is 9.37. The number of hydrogen-bond donors (Lipinski definition) is 0. The molecule has 4 heterocycles. The first-order chi connectivity index (χ1) is 14.0. The normalized spacial score (nSPS) is 25.4. The molecule has 1 unspecified atom stereocenters. The van der Waals surface area contributed by atoms with Crippen LogP contribution in [0.2, 0.25) is 0 Å². The second kappa shape index (κ2) is 6.90. The van der Waals surface area contributed by atoms with Crippen molar-refractivity contribution in [1.29, 1.82) is 0 Å². The van der Waals surface area contributed by atoms with Gasteiger partial charge in [0.1, 0.15) is 4.75 Å². The molecule has 0 bridgehead atoms. The average Bonchev–Trinajstić information content (AvgIpc) is 3.39. The molecule has 1 spiro atoms. The van der Waals surface area contributed by atoms with E-state index in [1.54, 1.807) is 29.4 Å². The Balaban J connectivity index is 1.35. The lowest BCUT2D eigenvalue weighted by molar-refractivity contribution is -0.137. The maximum atomic E-state index is 12.9. The zero-order chi connectivity index (χ0) is 20.1. The van der Waals surface area contributed by atoms with E-state index >= 15 is 0 Å². The van der Waals surface area contributed by atoms with Crippen LogP contribution in [0.3, 0.4) is 0 Å². The largest absolute Gasteiger partial charge is 0.339 e. The molecule has 3 aliphatic rings. The number of sulfone groups is 1. The highest BCUT2D eigenvalue weighted by molar-refractivity contribution is 7.93. The summed E-state index contributed by atoms with van der Waals surface area (Å²) in [7, 11) is -3.33. The van der Waals surface area contributed by atoms with Gasteiger partial charge in [-0.2, -0.15) is 4.98 Å². The molecule has 29 heavy (non-hydrogen) atoms. The van der Waals surface area contributed by atoms with Crippen molar-refractivity contribution in [3.8, 4) is 11.4 Å². The second-order valence-electron chi connectivity index (χ2n) is 8.52. The summed E-state index contributed by atoms with van der Waals surface area (Å²) in [5.74, 6) is 1.03. The Labute approximate surface area is 169 Å². The molecule has 8 nitrogen and oxygen atoms in total. The third-order valence-electron chi connectivity index (χ3n) is 6.82. The molecule has 3 fully saturated rings. The smallest absolute Gasteiger partial charge is 0.231 e. The van der Waals surface area contributed by atoms with E-state index in [1.807, 2.05) is 0 Å². The van der Waals surface area contributed by atoms with Gasteiger partial charge >= 0.3 is 0 Å². The highest BCUT2D eigenvalue weighted by Gasteiger charge is 2.64. The van der Waals surface area contributed by atoms with Gasteiger partial charge in [-0.05, 0) is 37.3 Å². The fraction of sp³-hybridized carbons (Fsp3) is 0.600. The molecule has 0 radical (unpaired) electrons. The Bertz CT molecular complexity index is 1010. The van der Waals surface area contributed by atoms with Crippen LogP contribution in [0.1, 0.15) is 50.3 Å². The SMILES string of the molecule is O=C(CC1CCCC1)N1CC2(C1)C(c1nc(-c3ccncc3)no1)CCS2(=O)=O. The molecule has 2 saturated heterocycles. The minimum absolute atomic E-state index is 0.0754. The van der Waals surface area contributed by atoms with E-state index in [2.05, 4.69) is 15.1 Å². The number of likely N-dealkylation sites (tertiary alicyclic amines) is 1. The number of amides is 1. The Hall–Kier alpha value is -2.29. The minimum atomic E-state index is -3.33. The summed E-state index contributed by atoms with van der Waals surface area (Å²) < 4.78 is 30.3. The van der Waals surface area contributed by atoms with Crippen LogP contribution in [0.25, 0.3) is 11.4 Å². The maximum Gasteiger partial charge on any atom is 0.231 e. The van der Waals surface area contributed by atoms with Crippen molar-refractivity contribution in [3.63, 3.8) is 0 Å². The Morgan fingerprint density at radius 3 is 2.62 bits per heavy atom. The second-order valence-corrected chi connectivity index (χ2v) is 11.0. The van der Waals surface area contributed by atoms with Crippen LogP contribution in [0.15, 0.2) is 29.0 Å². The zero-order valence-electron chi connectivity index (χ0n) is 16.2. The molecule has 1 saturated carbocycles. The number of carbonyl (C=O) groups is 1. The van der Waals surface area contributed by atoms with Crippen molar-refractivity contribution in [2.24, 2.45) is 5.92 Å². The minimum Gasteiger partial charge on any atom is -0.339 e. The molecular formula is C20H24N4O4S. The lowest BCUT2D eigenvalue weighted by atomic mass is 9.82. The maximum absolute atomic E-state index is 12.9. The van der Waals surface area contributed by atoms with Gasteiger partial charge in [0, 0.05) is 37.5 Å². The van der Waals surface area contributed by atoms with Crippen LogP contribution >= 0.6 is 0 Å². The molecule has 2 aliphatic heterocycles. The highest BCUT2D eigenvalue weighted by atomic mass is 32.2. The molecule has 2 aromatic rings. The average molecular weight is 417 g/mol. The first kappa shape index (κ1) is 18.7. The molecule has 0 N–H and O–H groups in total. The number of aromatic nitrogens is 3. The number of carbonyl (C=O) groups excluding carboxylic acids is 1. The molecule has 2 aromatic heterocycles. The number of pyridine rings is 1. The molecule has 5 rings (SSSR count). The van der Waals surface area contributed by atoms with Gasteiger partial charge in [0.2, 0.25) is 17.6 Å². The fourth-order valence-electron chi connectivity index (χ4n) is 5.08. The monoisotopic (exact) mass is 416 g/mol. The van der Waals surface area contributed by atoms with Crippen LogP contribution in [-0.4, -0.2) is 57.9 Å². The van der Waals surface area contributed by atoms with Crippen molar-refractivity contribution < 1.29 is 17.7 Å². The van der Waals surface area contributed by atoms with Crippen molar-refractivity contribution in [2.45, 2.75) is 49.2 Å². The summed E-state index contributed by atoms with van der Waals surface area (Å²) >= 11 is 0. The summed E-state index contributed by atoms with van der Waals surface area (Å²) in [6, 6.07) is 3.56. The van der Waals surface area contributed by atoms with Crippen molar-refractivity contribution in [2.75, 3.05) is 18.8 Å². The van der Waals surface area contributed by atoms with E-state index in [1.165, 1.54) is 12.8 Å². The van der Waals surface area contributed by atoms with Gasteiger partial charge in [0.25, 0.3) is 0 Å². The van der Waals surface area contributed by atoms with E-state index in [-0.39, 0.29) is 30.7 Å². The van der Waals surface area contributed by atoms with Gasteiger partial charge < -0.3 is 9.42 Å². The lowest BCUT2D eigenvalue weighted by Gasteiger charge is -2.49. The van der Waals surface area contributed by atoms with Gasteiger partial charge in [-0.3, -0.25) is 9.78 Å². The Kier molecular flexibility index (Phi) is 4.45. The molecular weight excluding hydrogens is 392 g/mol. The van der Waals surface area contributed by atoms with Gasteiger partial charge in [0.15, 0.2) is 9.84 Å². The molecule has 0 aromatic carbocycles. The number of rotatable bonds is 4. The van der Waals surface area contributed by atoms with E-state index in [0.717, 1.165) is 18.4 Å².